The van der Waals surface area contributed by atoms with Crippen molar-refractivity contribution in [3.8, 4) is 5.75 Å². The van der Waals surface area contributed by atoms with E-state index in [1.165, 1.54) is 12.1 Å². The summed E-state index contributed by atoms with van der Waals surface area (Å²) < 4.78 is 5.01. The number of carbonyl (C=O) groups is 1. The Labute approximate surface area is 104 Å². The third-order valence-electron chi connectivity index (χ3n) is 2.74. The van der Waals surface area contributed by atoms with Crippen LogP contribution < -0.4 is 5.32 Å². The maximum atomic E-state index is 11.8. The van der Waals surface area contributed by atoms with Crippen LogP contribution >= 0.6 is 0 Å². The predicted molar refractivity (Wildman–Crippen MR) is 65.3 cm³/mol. The van der Waals surface area contributed by atoms with E-state index in [-0.39, 0.29) is 11.7 Å². The molecule has 2 rings (SSSR count). The molecule has 0 aliphatic heterocycles. The molecule has 2 aromatic rings. The summed E-state index contributed by atoms with van der Waals surface area (Å²) in [5.74, 6) is 0.644. The zero-order valence-electron chi connectivity index (χ0n) is 10.2. The Balaban J connectivity index is 2.03. The number of aryl methyl sites for hydroxylation is 2. The molecule has 1 heterocycles. The van der Waals surface area contributed by atoms with Crippen molar-refractivity contribution in [3.05, 3.63) is 46.8 Å². The molecule has 1 aromatic carbocycles. The normalized spacial score (nSPS) is 10.3. The van der Waals surface area contributed by atoms with Crippen LogP contribution in [0.1, 0.15) is 27.4 Å². The number of phenols is 1. The number of hydrogen-bond acceptors (Lipinski definition) is 4. The van der Waals surface area contributed by atoms with Crippen molar-refractivity contribution in [1.82, 2.24) is 10.5 Å². The molecule has 0 bridgehead atoms. The summed E-state index contributed by atoms with van der Waals surface area (Å²) in [5, 5.41) is 15.7. The van der Waals surface area contributed by atoms with Crippen LogP contribution in [0.2, 0.25) is 0 Å². The summed E-state index contributed by atoms with van der Waals surface area (Å²) in [7, 11) is 0. The van der Waals surface area contributed by atoms with E-state index in [9.17, 15) is 4.79 Å². The van der Waals surface area contributed by atoms with Crippen molar-refractivity contribution in [2.45, 2.75) is 20.4 Å². The number of rotatable bonds is 3. The summed E-state index contributed by atoms with van der Waals surface area (Å²) in [6.07, 6.45) is 0. The molecule has 18 heavy (non-hydrogen) atoms. The molecule has 0 fully saturated rings. The highest BCUT2D eigenvalue weighted by Gasteiger charge is 2.11. The van der Waals surface area contributed by atoms with Gasteiger partial charge in [-0.25, -0.2) is 0 Å². The van der Waals surface area contributed by atoms with E-state index < -0.39 is 0 Å². The molecule has 0 saturated carbocycles. The van der Waals surface area contributed by atoms with Gasteiger partial charge in [0.2, 0.25) is 0 Å². The number of benzene rings is 1. The van der Waals surface area contributed by atoms with Gasteiger partial charge in [0.15, 0.2) is 0 Å². The minimum Gasteiger partial charge on any atom is -0.508 e. The Morgan fingerprint density at radius 1 is 1.33 bits per heavy atom. The largest absolute Gasteiger partial charge is 0.508 e. The highest BCUT2D eigenvalue weighted by molar-refractivity contribution is 5.94. The van der Waals surface area contributed by atoms with Gasteiger partial charge in [-0.1, -0.05) is 5.16 Å². The Bertz CT molecular complexity index is 539. The fraction of sp³-hybridized carbons (Fsp3) is 0.231. The number of nitrogens with one attached hydrogen (secondary N) is 1. The number of hydrogen-bond donors (Lipinski definition) is 2. The van der Waals surface area contributed by atoms with Crippen LogP contribution in [0.15, 0.2) is 28.8 Å². The maximum absolute atomic E-state index is 11.8. The number of carbonyl (C=O) groups excluding carboxylic acids is 1. The minimum absolute atomic E-state index is 0.136. The number of nitrogens with zero attached hydrogens (tertiary/aromatic N) is 1. The zero-order valence-corrected chi connectivity index (χ0v) is 10.2. The van der Waals surface area contributed by atoms with E-state index >= 15 is 0 Å². The molecule has 0 saturated heterocycles. The lowest BCUT2D eigenvalue weighted by atomic mass is 10.2. The zero-order chi connectivity index (χ0) is 13.1. The Morgan fingerprint density at radius 2 is 2.00 bits per heavy atom. The van der Waals surface area contributed by atoms with Crippen molar-refractivity contribution in [3.63, 3.8) is 0 Å². The Hall–Kier alpha value is -2.30. The van der Waals surface area contributed by atoms with Crippen molar-refractivity contribution in [2.24, 2.45) is 0 Å². The molecule has 1 amide bonds. The molecule has 94 valence electrons. The van der Waals surface area contributed by atoms with Crippen LogP contribution in [0.25, 0.3) is 0 Å². The number of aromatic nitrogens is 1. The van der Waals surface area contributed by atoms with Crippen LogP contribution in [0.5, 0.6) is 5.75 Å². The van der Waals surface area contributed by atoms with Crippen LogP contribution in [0.3, 0.4) is 0 Å². The van der Waals surface area contributed by atoms with E-state index in [4.69, 9.17) is 9.63 Å². The first-order chi connectivity index (χ1) is 8.58. The molecule has 0 spiro atoms. The molecular formula is C13H14N2O3. The van der Waals surface area contributed by atoms with Gasteiger partial charge in [-0.05, 0) is 38.1 Å². The average Bonchev–Trinajstić information content (AvgIpc) is 2.67. The standard InChI is InChI=1S/C13H14N2O3/c1-8-12(9(2)18-15-8)7-14-13(17)10-3-5-11(16)6-4-10/h3-6,16H,7H2,1-2H3,(H,14,17). The molecule has 0 unspecified atom stereocenters. The third kappa shape index (κ3) is 2.51. The first kappa shape index (κ1) is 12.2. The number of amides is 1. The first-order valence-corrected chi connectivity index (χ1v) is 5.57. The predicted octanol–water partition coefficient (Wildman–Crippen LogP) is 1.93. The average molecular weight is 246 g/mol. The second-order valence-corrected chi connectivity index (χ2v) is 4.03. The van der Waals surface area contributed by atoms with Crippen LogP contribution in [-0.4, -0.2) is 16.2 Å². The molecule has 0 atom stereocenters. The van der Waals surface area contributed by atoms with Gasteiger partial charge in [-0.2, -0.15) is 0 Å². The highest BCUT2D eigenvalue weighted by Crippen LogP contribution is 2.13. The lowest BCUT2D eigenvalue weighted by Crippen LogP contribution is -2.23. The lowest BCUT2D eigenvalue weighted by molar-refractivity contribution is 0.0951. The van der Waals surface area contributed by atoms with E-state index in [1.54, 1.807) is 12.1 Å². The fourth-order valence-corrected chi connectivity index (χ4v) is 1.64. The Kier molecular flexibility index (Phi) is 3.32. The molecular weight excluding hydrogens is 232 g/mol. The first-order valence-electron chi connectivity index (χ1n) is 5.57. The molecule has 0 radical (unpaired) electrons. The van der Waals surface area contributed by atoms with E-state index in [1.807, 2.05) is 13.8 Å². The van der Waals surface area contributed by atoms with Crippen molar-refractivity contribution in [1.29, 1.82) is 0 Å². The molecule has 5 nitrogen and oxygen atoms in total. The SMILES string of the molecule is Cc1noc(C)c1CNC(=O)c1ccc(O)cc1. The second-order valence-electron chi connectivity index (χ2n) is 4.03. The van der Waals surface area contributed by atoms with Gasteiger partial charge in [-0.3, -0.25) is 4.79 Å². The summed E-state index contributed by atoms with van der Waals surface area (Å²) in [6, 6.07) is 6.09. The molecule has 0 aliphatic carbocycles. The minimum atomic E-state index is -0.199. The summed E-state index contributed by atoms with van der Waals surface area (Å²) in [5.41, 5.74) is 2.17. The van der Waals surface area contributed by atoms with Gasteiger partial charge >= 0.3 is 0 Å². The van der Waals surface area contributed by atoms with Crippen LogP contribution in [0, 0.1) is 13.8 Å². The summed E-state index contributed by atoms with van der Waals surface area (Å²) in [4.78, 5) is 11.8. The van der Waals surface area contributed by atoms with Gasteiger partial charge in [0.05, 0.1) is 5.69 Å². The summed E-state index contributed by atoms with van der Waals surface area (Å²) >= 11 is 0. The molecule has 2 N–H and O–H groups in total. The summed E-state index contributed by atoms with van der Waals surface area (Å²) in [6.45, 7) is 4.02. The topological polar surface area (TPSA) is 75.4 Å². The smallest absolute Gasteiger partial charge is 0.251 e. The van der Waals surface area contributed by atoms with Crippen molar-refractivity contribution in [2.75, 3.05) is 0 Å². The van der Waals surface area contributed by atoms with Gasteiger partial charge in [0, 0.05) is 17.7 Å². The number of phenolic OH excluding ortho intramolecular Hbond substituents is 1. The van der Waals surface area contributed by atoms with Gasteiger partial charge < -0.3 is 14.9 Å². The monoisotopic (exact) mass is 246 g/mol. The van der Waals surface area contributed by atoms with E-state index in [0.29, 0.717) is 17.9 Å². The van der Waals surface area contributed by atoms with Gasteiger partial charge in [-0.15, -0.1) is 0 Å². The fourth-order valence-electron chi connectivity index (χ4n) is 1.64. The highest BCUT2D eigenvalue weighted by atomic mass is 16.5. The Morgan fingerprint density at radius 3 is 2.56 bits per heavy atom. The van der Waals surface area contributed by atoms with Gasteiger partial charge in [0.1, 0.15) is 11.5 Å². The molecule has 0 aliphatic rings. The van der Waals surface area contributed by atoms with E-state index in [0.717, 1.165) is 11.3 Å². The number of aromatic hydroxyl groups is 1. The molecule has 5 heteroatoms. The lowest BCUT2D eigenvalue weighted by Gasteiger charge is -2.04. The molecule has 1 aromatic heterocycles. The van der Waals surface area contributed by atoms with Crippen LogP contribution in [0.4, 0.5) is 0 Å². The van der Waals surface area contributed by atoms with Gasteiger partial charge in [0.25, 0.3) is 5.91 Å². The van der Waals surface area contributed by atoms with Crippen LogP contribution in [-0.2, 0) is 6.54 Å². The second kappa shape index (κ2) is 4.91. The van der Waals surface area contributed by atoms with Crippen molar-refractivity contribution < 1.29 is 14.4 Å². The van der Waals surface area contributed by atoms with Crippen molar-refractivity contribution >= 4 is 5.91 Å². The third-order valence-corrected chi connectivity index (χ3v) is 2.74. The van der Waals surface area contributed by atoms with E-state index in [2.05, 4.69) is 10.5 Å². The quantitative estimate of drug-likeness (QED) is 0.867. The maximum Gasteiger partial charge on any atom is 0.251 e.